The molecule has 0 atom stereocenters. The maximum Gasteiger partial charge on any atom is 0.251 e. The Hall–Kier alpha value is -1.23. The van der Waals surface area contributed by atoms with Crippen LogP contribution in [0.2, 0.25) is 10.0 Å². The van der Waals surface area contributed by atoms with Gasteiger partial charge in [0, 0.05) is 5.56 Å². The van der Waals surface area contributed by atoms with Gasteiger partial charge in [0.05, 0.1) is 21.1 Å². The first-order chi connectivity index (χ1) is 10.1. The molecule has 3 nitrogen and oxygen atoms in total. The first kappa shape index (κ1) is 16.1. The molecule has 0 bridgehead atoms. The summed E-state index contributed by atoms with van der Waals surface area (Å²) in [6.45, 7) is 0.760. The number of ether oxygens (including phenoxy) is 1. The van der Waals surface area contributed by atoms with Crippen molar-refractivity contribution in [1.82, 2.24) is 5.32 Å². The van der Waals surface area contributed by atoms with Gasteiger partial charge in [-0.3, -0.25) is 4.79 Å². The molecule has 0 fully saturated rings. The summed E-state index contributed by atoms with van der Waals surface area (Å²) in [6, 6.07) is 12.3. The number of benzene rings is 2. The molecule has 1 amide bonds. The second-order valence-electron chi connectivity index (χ2n) is 4.16. The van der Waals surface area contributed by atoms with Crippen molar-refractivity contribution in [2.24, 2.45) is 0 Å². The van der Waals surface area contributed by atoms with Crippen LogP contribution in [0.1, 0.15) is 10.4 Å². The summed E-state index contributed by atoms with van der Waals surface area (Å²) in [5.74, 6) is 0.519. The Morgan fingerprint density at radius 1 is 1.14 bits per heavy atom. The molecule has 2 rings (SSSR count). The largest absolute Gasteiger partial charge is 0.491 e. The molecule has 0 aliphatic carbocycles. The first-order valence-electron chi connectivity index (χ1n) is 6.18. The molecule has 2 aromatic carbocycles. The zero-order valence-electron chi connectivity index (χ0n) is 10.9. The molecule has 0 aliphatic heterocycles. The summed E-state index contributed by atoms with van der Waals surface area (Å²) in [5.41, 5.74) is 0.463. The van der Waals surface area contributed by atoms with Crippen LogP contribution in [0.5, 0.6) is 5.75 Å². The van der Waals surface area contributed by atoms with Crippen LogP contribution in [0, 0.1) is 0 Å². The van der Waals surface area contributed by atoms with Gasteiger partial charge in [-0.1, -0.05) is 35.3 Å². The normalized spacial score (nSPS) is 10.2. The predicted octanol–water partition coefficient (Wildman–Crippen LogP) is 4.56. The SMILES string of the molecule is O=C(NCCOc1ccccc1Br)c1ccc(Cl)c(Cl)c1. The third kappa shape index (κ3) is 4.63. The smallest absolute Gasteiger partial charge is 0.251 e. The van der Waals surface area contributed by atoms with E-state index >= 15 is 0 Å². The summed E-state index contributed by atoms with van der Waals surface area (Å²) in [6.07, 6.45) is 0. The van der Waals surface area contributed by atoms with E-state index in [1.54, 1.807) is 12.1 Å². The van der Waals surface area contributed by atoms with E-state index in [0.717, 1.165) is 10.2 Å². The van der Waals surface area contributed by atoms with Gasteiger partial charge in [-0.05, 0) is 46.3 Å². The molecule has 110 valence electrons. The highest BCUT2D eigenvalue weighted by atomic mass is 79.9. The highest BCUT2D eigenvalue weighted by Crippen LogP contribution is 2.24. The number of carbonyl (C=O) groups is 1. The standard InChI is InChI=1S/C15H12BrCl2NO2/c16-11-3-1-2-4-14(11)21-8-7-19-15(20)10-5-6-12(17)13(18)9-10/h1-6,9H,7-8H2,(H,19,20). The molecule has 0 saturated heterocycles. The Bertz CT molecular complexity index is 649. The zero-order chi connectivity index (χ0) is 15.2. The van der Waals surface area contributed by atoms with Crippen molar-refractivity contribution < 1.29 is 9.53 Å². The van der Waals surface area contributed by atoms with Gasteiger partial charge in [-0.25, -0.2) is 0 Å². The summed E-state index contributed by atoms with van der Waals surface area (Å²) in [4.78, 5) is 11.9. The summed E-state index contributed by atoms with van der Waals surface area (Å²) in [7, 11) is 0. The monoisotopic (exact) mass is 387 g/mol. The lowest BCUT2D eigenvalue weighted by Gasteiger charge is -2.09. The fourth-order valence-corrected chi connectivity index (χ4v) is 2.32. The molecule has 0 spiro atoms. The lowest BCUT2D eigenvalue weighted by Crippen LogP contribution is -2.28. The highest BCUT2D eigenvalue weighted by molar-refractivity contribution is 9.10. The van der Waals surface area contributed by atoms with Crippen LogP contribution in [0.25, 0.3) is 0 Å². The highest BCUT2D eigenvalue weighted by Gasteiger charge is 2.07. The van der Waals surface area contributed by atoms with Crippen molar-refractivity contribution in [3.63, 3.8) is 0 Å². The van der Waals surface area contributed by atoms with Crippen molar-refractivity contribution in [1.29, 1.82) is 0 Å². The van der Waals surface area contributed by atoms with E-state index in [1.165, 1.54) is 6.07 Å². The van der Waals surface area contributed by atoms with E-state index in [-0.39, 0.29) is 5.91 Å². The minimum Gasteiger partial charge on any atom is -0.491 e. The van der Waals surface area contributed by atoms with E-state index in [1.807, 2.05) is 24.3 Å². The van der Waals surface area contributed by atoms with Crippen LogP contribution < -0.4 is 10.1 Å². The van der Waals surface area contributed by atoms with E-state index in [2.05, 4.69) is 21.2 Å². The Morgan fingerprint density at radius 2 is 1.90 bits per heavy atom. The Labute approximate surface area is 141 Å². The van der Waals surface area contributed by atoms with E-state index in [0.29, 0.717) is 28.8 Å². The number of nitrogens with one attached hydrogen (secondary N) is 1. The Balaban J connectivity index is 1.82. The van der Waals surface area contributed by atoms with E-state index in [9.17, 15) is 4.79 Å². The van der Waals surface area contributed by atoms with Gasteiger partial charge in [0.25, 0.3) is 5.91 Å². The molecule has 0 heterocycles. The third-order valence-electron chi connectivity index (χ3n) is 2.66. The van der Waals surface area contributed by atoms with Crippen molar-refractivity contribution >= 4 is 45.0 Å². The lowest BCUT2D eigenvalue weighted by molar-refractivity contribution is 0.0947. The van der Waals surface area contributed by atoms with Crippen LogP contribution in [0.15, 0.2) is 46.9 Å². The van der Waals surface area contributed by atoms with Gasteiger partial charge in [0.1, 0.15) is 12.4 Å². The van der Waals surface area contributed by atoms with Gasteiger partial charge >= 0.3 is 0 Å². The number of carbonyl (C=O) groups excluding carboxylic acids is 1. The van der Waals surface area contributed by atoms with Gasteiger partial charge in [-0.15, -0.1) is 0 Å². The number of para-hydroxylation sites is 1. The second kappa shape index (κ2) is 7.69. The van der Waals surface area contributed by atoms with Crippen molar-refractivity contribution in [3.8, 4) is 5.75 Å². The van der Waals surface area contributed by atoms with E-state index in [4.69, 9.17) is 27.9 Å². The molecule has 0 unspecified atom stereocenters. The van der Waals surface area contributed by atoms with Crippen molar-refractivity contribution in [3.05, 3.63) is 62.5 Å². The summed E-state index contributed by atoms with van der Waals surface area (Å²) >= 11 is 15.1. The second-order valence-corrected chi connectivity index (χ2v) is 5.83. The summed E-state index contributed by atoms with van der Waals surface area (Å²) < 4.78 is 6.43. The molecule has 0 radical (unpaired) electrons. The lowest BCUT2D eigenvalue weighted by atomic mass is 10.2. The van der Waals surface area contributed by atoms with Crippen LogP contribution in [0.3, 0.4) is 0 Å². The van der Waals surface area contributed by atoms with Crippen LogP contribution >= 0.6 is 39.1 Å². The van der Waals surface area contributed by atoms with Crippen LogP contribution in [0.4, 0.5) is 0 Å². The Kier molecular flexibility index (Phi) is 5.91. The third-order valence-corrected chi connectivity index (χ3v) is 4.06. The quantitative estimate of drug-likeness (QED) is 0.762. The van der Waals surface area contributed by atoms with E-state index < -0.39 is 0 Å². The maximum atomic E-state index is 11.9. The van der Waals surface area contributed by atoms with Crippen LogP contribution in [-0.4, -0.2) is 19.1 Å². The number of amides is 1. The molecule has 0 aliphatic rings. The fourth-order valence-electron chi connectivity index (χ4n) is 1.63. The van der Waals surface area contributed by atoms with Gasteiger partial charge in [0.2, 0.25) is 0 Å². The molecule has 0 aromatic heterocycles. The Morgan fingerprint density at radius 3 is 2.62 bits per heavy atom. The maximum absolute atomic E-state index is 11.9. The zero-order valence-corrected chi connectivity index (χ0v) is 14.0. The van der Waals surface area contributed by atoms with Crippen molar-refractivity contribution in [2.45, 2.75) is 0 Å². The average Bonchev–Trinajstić information content (AvgIpc) is 2.48. The first-order valence-corrected chi connectivity index (χ1v) is 7.73. The number of hydrogen-bond acceptors (Lipinski definition) is 2. The number of rotatable bonds is 5. The molecule has 6 heteroatoms. The van der Waals surface area contributed by atoms with Crippen molar-refractivity contribution in [2.75, 3.05) is 13.2 Å². The van der Waals surface area contributed by atoms with Crippen LogP contribution in [-0.2, 0) is 0 Å². The number of hydrogen-bond donors (Lipinski definition) is 1. The molecule has 21 heavy (non-hydrogen) atoms. The molecular formula is C15H12BrCl2NO2. The minimum absolute atomic E-state index is 0.218. The average molecular weight is 389 g/mol. The topological polar surface area (TPSA) is 38.3 Å². The minimum atomic E-state index is -0.218. The fraction of sp³-hybridized carbons (Fsp3) is 0.133. The van der Waals surface area contributed by atoms with Gasteiger partial charge in [-0.2, -0.15) is 0 Å². The predicted molar refractivity (Wildman–Crippen MR) is 88.4 cm³/mol. The van der Waals surface area contributed by atoms with Gasteiger partial charge < -0.3 is 10.1 Å². The molecule has 1 N–H and O–H groups in total. The summed E-state index contributed by atoms with van der Waals surface area (Å²) in [5, 5.41) is 3.53. The molecule has 2 aromatic rings. The molecular weight excluding hydrogens is 377 g/mol. The van der Waals surface area contributed by atoms with Gasteiger partial charge in [0.15, 0.2) is 0 Å². The molecule has 0 saturated carbocycles. The number of halogens is 3.